The molecule has 2 rings (SSSR count). The maximum Gasteiger partial charge on any atom is 0.224 e. The van der Waals surface area contributed by atoms with Gasteiger partial charge in [0.05, 0.1) is 0 Å². The van der Waals surface area contributed by atoms with Crippen LogP contribution in [0.3, 0.4) is 0 Å². The third-order valence-electron chi connectivity index (χ3n) is 2.74. The Bertz CT molecular complexity index is 393. The van der Waals surface area contributed by atoms with Crippen LogP contribution in [0.5, 0.6) is 0 Å². The Labute approximate surface area is 105 Å². The first-order valence-corrected chi connectivity index (χ1v) is 6.13. The van der Waals surface area contributed by atoms with Gasteiger partial charge in [-0.15, -0.1) is 0 Å². The molecule has 17 heavy (non-hydrogen) atoms. The summed E-state index contributed by atoms with van der Waals surface area (Å²) in [5.41, 5.74) is 0. The average molecular weight is 255 g/mol. The zero-order valence-corrected chi connectivity index (χ0v) is 10.3. The van der Waals surface area contributed by atoms with Crippen LogP contribution >= 0.6 is 11.6 Å². The molecule has 5 nitrogen and oxygen atoms in total. The molecule has 1 saturated heterocycles. The second kappa shape index (κ2) is 5.82. The predicted molar refractivity (Wildman–Crippen MR) is 66.0 cm³/mol. The molecule has 1 aliphatic heterocycles. The van der Waals surface area contributed by atoms with Gasteiger partial charge in [-0.05, 0) is 12.8 Å². The van der Waals surface area contributed by atoms with Gasteiger partial charge in [-0.25, -0.2) is 9.97 Å². The normalized spacial score (nSPS) is 15.0. The lowest BCUT2D eigenvalue weighted by Crippen LogP contribution is -2.29. The molecule has 0 aliphatic carbocycles. The molecular weight excluding hydrogens is 240 g/mol. The molecule has 0 spiro atoms. The summed E-state index contributed by atoms with van der Waals surface area (Å²) < 4.78 is 0. The molecule has 1 aliphatic rings. The molecule has 0 saturated carbocycles. The van der Waals surface area contributed by atoms with E-state index in [1.165, 1.54) is 6.20 Å². The van der Waals surface area contributed by atoms with Gasteiger partial charge in [-0.1, -0.05) is 11.6 Å². The Hall–Kier alpha value is -1.36. The smallest absolute Gasteiger partial charge is 0.224 e. The summed E-state index contributed by atoms with van der Waals surface area (Å²) in [7, 11) is 0. The van der Waals surface area contributed by atoms with Crippen molar-refractivity contribution in [2.75, 3.05) is 25.0 Å². The van der Waals surface area contributed by atoms with E-state index in [0.29, 0.717) is 23.9 Å². The summed E-state index contributed by atoms with van der Waals surface area (Å²) in [5.74, 6) is 0.721. The van der Waals surface area contributed by atoms with E-state index >= 15 is 0 Å². The van der Waals surface area contributed by atoms with E-state index < -0.39 is 0 Å². The van der Waals surface area contributed by atoms with Gasteiger partial charge in [-0.2, -0.15) is 0 Å². The molecule has 0 atom stereocenters. The topological polar surface area (TPSA) is 58.1 Å². The molecule has 0 aromatic carbocycles. The van der Waals surface area contributed by atoms with Crippen LogP contribution in [-0.4, -0.2) is 40.4 Å². The van der Waals surface area contributed by atoms with Crippen LogP contribution in [0.15, 0.2) is 12.4 Å². The molecule has 0 radical (unpaired) electrons. The number of nitrogens with one attached hydrogen (secondary N) is 1. The van der Waals surface area contributed by atoms with Gasteiger partial charge in [0.25, 0.3) is 0 Å². The third-order valence-corrected chi connectivity index (χ3v) is 3.02. The Kier molecular flexibility index (Phi) is 4.14. The highest BCUT2D eigenvalue weighted by Crippen LogP contribution is 2.14. The molecule has 2 heterocycles. The summed E-state index contributed by atoms with van der Waals surface area (Å²) in [6.45, 7) is 2.32. The van der Waals surface area contributed by atoms with E-state index in [9.17, 15) is 4.79 Å². The number of halogens is 1. The number of rotatable bonds is 4. The molecule has 92 valence electrons. The number of amides is 1. The zero-order valence-electron chi connectivity index (χ0n) is 9.53. The quantitative estimate of drug-likeness (QED) is 0.886. The fourth-order valence-electron chi connectivity index (χ4n) is 1.85. The number of carbonyl (C=O) groups is 1. The summed E-state index contributed by atoms with van der Waals surface area (Å²) >= 11 is 5.84. The molecule has 6 heteroatoms. The number of aromatic nitrogens is 2. The third kappa shape index (κ3) is 3.30. The van der Waals surface area contributed by atoms with Crippen molar-refractivity contribution in [2.24, 2.45) is 0 Å². The average Bonchev–Trinajstić information content (AvgIpc) is 2.85. The van der Waals surface area contributed by atoms with Crippen LogP contribution in [0, 0.1) is 0 Å². The molecular formula is C11H15ClN4O. The number of hydrogen-bond acceptors (Lipinski definition) is 4. The molecule has 0 unspecified atom stereocenters. The monoisotopic (exact) mass is 254 g/mol. The first-order valence-electron chi connectivity index (χ1n) is 5.75. The van der Waals surface area contributed by atoms with E-state index in [2.05, 4.69) is 15.3 Å². The minimum atomic E-state index is 0.190. The number of likely N-dealkylation sites (tertiary alicyclic amines) is 1. The van der Waals surface area contributed by atoms with Gasteiger partial charge < -0.3 is 10.2 Å². The number of carbonyl (C=O) groups excluding carboxylic acids is 1. The summed E-state index contributed by atoms with van der Waals surface area (Å²) in [4.78, 5) is 21.6. The predicted octanol–water partition coefficient (Wildman–Crippen LogP) is 1.55. The molecule has 0 bridgehead atoms. The van der Waals surface area contributed by atoms with Crippen LogP contribution in [0.25, 0.3) is 0 Å². The number of nitrogens with zero attached hydrogens (tertiary/aromatic N) is 3. The Morgan fingerprint density at radius 2 is 2.06 bits per heavy atom. The molecule has 1 N–H and O–H groups in total. The van der Waals surface area contributed by atoms with Crippen LogP contribution in [0.1, 0.15) is 19.3 Å². The van der Waals surface area contributed by atoms with Crippen LogP contribution < -0.4 is 5.32 Å². The van der Waals surface area contributed by atoms with E-state index in [1.807, 2.05) is 4.90 Å². The highest BCUT2D eigenvalue weighted by atomic mass is 35.5. The molecule has 1 fully saturated rings. The van der Waals surface area contributed by atoms with E-state index in [0.717, 1.165) is 25.9 Å². The van der Waals surface area contributed by atoms with Gasteiger partial charge in [0.15, 0.2) is 11.0 Å². The first-order chi connectivity index (χ1) is 8.27. The van der Waals surface area contributed by atoms with Crippen molar-refractivity contribution in [2.45, 2.75) is 19.3 Å². The van der Waals surface area contributed by atoms with E-state index in [4.69, 9.17) is 11.6 Å². The van der Waals surface area contributed by atoms with Crippen molar-refractivity contribution >= 4 is 23.3 Å². The Morgan fingerprint density at radius 3 is 2.76 bits per heavy atom. The fraction of sp³-hybridized carbons (Fsp3) is 0.545. The largest absolute Gasteiger partial charge is 0.367 e. The van der Waals surface area contributed by atoms with Gasteiger partial charge in [-0.3, -0.25) is 4.79 Å². The first kappa shape index (κ1) is 12.1. The lowest BCUT2D eigenvalue weighted by molar-refractivity contribution is -0.129. The van der Waals surface area contributed by atoms with Crippen molar-refractivity contribution in [1.82, 2.24) is 14.9 Å². The van der Waals surface area contributed by atoms with Gasteiger partial charge in [0.1, 0.15) is 0 Å². The summed E-state index contributed by atoms with van der Waals surface area (Å²) in [5, 5.41) is 3.35. The van der Waals surface area contributed by atoms with Crippen molar-refractivity contribution < 1.29 is 4.79 Å². The maximum absolute atomic E-state index is 11.7. The van der Waals surface area contributed by atoms with Crippen LogP contribution in [0.4, 0.5) is 5.82 Å². The minimum absolute atomic E-state index is 0.190. The molecule has 1 aromatic rings. The Morgan fingerprint density at radius 1 is 1.35 bits per heavy atom. The van der Waals surface area contributed by atoms with E-state index in [-0.39, 0.29) is 5.91 Å². The van der Waals surface area contributed by atoms with Crippen molar-refractivity contribution in [3.05, 3.63) is 17.5 Å². The SMILES string of the molecule is O=C(CCNc1nccnc1Cl)N1CCCC1. The molecule has 1 aromatic heterocycles. The maximum atomic E-state index is 11.7. The molecule has 1 amide bonds. The van der Waals surface area contributed by atoms with Crippen LogP contribution in [0.2, 0.25) is 5.15 Å². The zero-order chi connectivity index (χ0) is 12.1. The van der Waals surface area contributed by atoms with Crippen molar-refractivity contribution in [1.29, 1.82) is 0 Å². The second-order valence-electron chi connectivity index (χ2n) is 3.96. The lowest BCUT2D eigenvalue weighted by atomic mass is 10.3. The van der Waals surface area contributed by atoms with E-state index in [1.54, 1.807) is 6.20 Å². The fourth-order valence-corrected chi connectivity index (χ4v) is 2.02. The van der Waals surface area contributed by atoms with Crippen molar-refractivity contribution in [3.63, 3.8) is 0 Å². The standard InChI is InChI=1S/C11H15ClN4O/c12-10-11(15-6-5-13-10)14-4-3-9(17)16-7-1-2-8-16/h5-6H,1-4,7-8H2,(H,14,15). The Balaban J connectivity index is 1.76. The van der Waals surface area contributed by atoms with Crippen molar-refractivity contribution in [3.8, 4) is 0 Å². The number of anilines is 1. The number of hydrogen-bond donors (Lipinski definition) is 1. The highest BCUT2D eigenvalue weighted by molar-refractivity contribution is 6.31. The minimum Gasteiger partial charge on any atom is -0.367 e. The summed E-state index contributed by atoms with van der Waals surface area (Å²) in [6, 6.07) is 0. The van der Waals surface area contributed by atoms with Gasteiger partial charge in [0, 0.05) is 38.4 Å². The lowest BCUT2D eigenvalue weighted by Gasteiger charge is -2.15. The second-order valence-corrected chi connectivity index (χ2v) is 4.32. The summed E-state index contributed by atoms with van der Waals surface area (Å²) in [6.07, 6.45) is 5.80. The van der Waals surface area contributed by atoms with Gasteiger partial charge >= 0.3 is 0 Å². The van der Waals surface area contributed by atoms with Gasteiger partial charge in [0.2, 0.25) is 5.91 Å². The highest BCUT2D eigenvalue weighted by Gasteiger charge is 2.17. The van der Waals surface area contributed by atoms with Crippen LogP contribution in [-0.2, 0) is 4.79 Å².